The quantitative estimate of drug-likeness (QED) is 0.0547. The smallest absolute Gasteiger partial charge is 0.0963 e. The van der Waals surface area contributed by atoms with Crippen LogP contribution in [0.3, 0.4) is 0 Å². The molecule has 0 aromatic heterocycles. The Kier molecular flexibility index (Phi) is 31.8. The minimum absolute atomic E-state index is 0.242. The molecule has 0 saturated carbocycles. The fourth-order valence-corrected chi connectivity index (χ4v) is 6.05. The van der Waals surface area contributed by atoms with Crippen LogP contribution in [0.2, 0.25) is 0 Å². The zero-order valence-corrected chi connectivity index (χ0v) is 30.5. The predicted molar refractivity (Wildman–Crippen MR) is 200 cm³/mol. The van der Waals surface area contributed by atoms with Gasteiger partial charge in [-0.3, -0.25) is 0 Å². The molecule has 2 atom stereocenters. The van der Waals surface area contributed by atoms with Gasteiger partial charge in [-0.25, -0.2) is 0 Å². The second-order valence-corrected chi connectivity index (χ2v) is 13.5. The van der Waals surface area contributed by atoms with Gasteiger partial charge in [0.25, 0.3) is 0 Å². The van der Waals surface area contributed by atoms with Crippen LogP contribution in [0, 0.1) is 0 Å². The molecule has 3 nitrogen and oxygen atoms in total. The van der Waals surface area contributed by atoms with E-state index < -0.39 is 0 Å². The standard InChI is InChI=1S/C42H77NO2/c1-4-6-8-10-12-14-16-18-20-22-24-26-28-30-32-34-38-44-41-36-37-43(3)40-42(41)45-39-35-33-31-29-27-25-23-21-19-17-15-13-11-9-7-5-2/h12-15,18-21,41-42H,4-11,16-17,22-40H2,1-3H3/t41-,42+/m1/s1. The number of rotatable bonds is 32. The van der Waals surface area contributed by atoms with E-state index in [9.17, 15) is 0 Å². The summed E-state index contributed by atoms with van der Waals surface area (Å²) in [5.74, 6) is 0. The predicted octanol–water partition coefficient (Wildman–Crippen LogP) is 12.7. The van der Waals surface area contributed by atoms with E-state index in [0.717, 1.165) is 45.6 Å². The van der Waals surface area contributed by atoms with Gasteiger partial charge in [-0.15, -0.1) is 0 Å². The molecule has 262 valence electrons. The van der Waals surface area contributed by atoms with Crippen LogP contribution in [0.15, 0.2) is 48.6 Å². The summed E-state index contributed by atoms with van der Waals surface area (Å²) in [6, 6.07) is 0. The van der Waals surface area contributed by atoms with Crippen LogP contribution in [0.5, 0.6) is 0 Å². The van der Waals surface area contributed by atoms with E-state index in [4.69, 9.17) is 9.47 Å². The molecule has 0 N–H and O–H groups in total. The van der Waals surface area contributed by atoms with Crippen molar-refractivity contribution in [3.63, 3.8) is 0 Å². The fourth-order valence-electron chi connectivity index (χ4n) is 6.05. The molecule has 0 radical (unpaired) electrons. The van der Waals surface area contributed by atoms with Crippen molar-refractivity contribution in [1.82, 2.24) is 4.90 Å². The first-order valence-electron chi connectivity index (χ1n) is 19.8. The molecular weight excluding hydrogens is 550 g/mol. The number of hydrogen-bond donors (Lipinski definition) is 0. The maximum Gasteiger partial charge on any atom is 0.0963 e. The first-order chi connectivity index (χ1) is 22.3. The summed E-state index contributed by atoms with van der Waals surface area (Å²) in [6.07, 6.45) is 51.3. The third-order valence-electron chi connectivity index (χ3n) is 9.06. The molecule has 1 aliphatic heterocycles. The summed E-state index contributed by atoms with van der Waals surface area (Å²) in [6.45, 7) is 8.45. The second-order valence-electron chi connectivity index (χ2n) is 13.5. The average Bonchev–Trinajstić information content (AvgIpc) is 3.04. The Morgan fingerprint density at radius 2 is 0.844 bits per heavy atom. The Morgan fingerprint density at radius 3 is 1.29 bits per heavy atom. The van der Waals surface area contributed by atoms with Crippen LogP contribution < -0.4 is 0 Å². The Balaban J connectivity index is 1.95. The van der Waals surface area contributed by atoms with E-state index in [1.54, 1.807) is 0 Å². The SMILES string of the molecule is CCCCCC=CCC=CCCCCCCCCO[C@H]1CN(C)CC[C@H]1OCCCCCCCCC=CCC=CCCCCC. The number of nitrogens with zero attached hydrogens (tertiary/aromatic N) is 1. The van der Waals surface area contributed by atoms with Crippen molar-refractivity contribution >= 4 is 0 Å². The van der Waals surface area contributed by atoms with Crippen LogP contribution in [-0.4, -0.2) is 50.5 Å². The van der Waals surface area contributed by atoms with Crippen molar-refractivity contribution in [1.29, 1.82) is 0 Å². The monoisotopic (exact) mass is 628 g/mol. The minimum Gasteiger partial charge on any atom is -0.375 e. The number of ether oxygens (including phenoxy) is 2. The maximum atomic E-state index is 6.38. The van der Waals surface area contributed by atoms with Gasteiger partial charge >= 0.3 is 0 Å². The molecular formula is C42H77NO2. The number of unbranched alkanes of at least 4 members (excludes halogenated alkanes) is 18. The molecule has 3 heteroatoms. The van der Waals surface area contributed by atoms with Gasteiger partial charge in [0.1, 0.15) is 0 Å². The van der Waals surface area contributed by atoms with Crippen molar-refractivity contribution in [2.45, 2.75) is 187 Å². The van der Waals surface area contributed by atoms with E-state index >= 15 is 0 Å². The molecule has 0 spiro atoms. The lowest BCUT2D eigenvalue weighted by molar-refractivity contribution is -0.106. The second kappa shape index (κ2) is 34.2. The van der Waals surface area contributed by atoms with E-state index in [0.29, 0.717) is 0 Å². The summed E-state index contributed by atoms with van der Waals surface area (Å²) < 4.78 is 12.7. The number of likely N-dealkylation sites (tertiary alicyclic amines) is 1. The zero-order chi connectivity index (χ0) is 32.3. The van der Waals surface area contributed by atoms with Gasteiger partial charge in [-0.2, -0.15) is 0 Å². The van der Waals surface area contributed by atoms with E-state index in [2.05, 4.69) is 74.4 Å². The third kappa shape index (κ3) is 28.8. The fraction of sp³-hybridized carbons (Fsp3) is 0.810. The zero-order valence-electron chi connectivity index (χ0n) is 30.5. The van der Waals surface area contributed by atoms with Crippen LogP contribution in [0.4, 0.5) is 0 Å². The number of likely N-dealkylation sites (N-methyl/N-ethyl adjacent to an activating group) is 1. The van der Waals surface area contributed by atoms with Crippen LogP contribution in [0.25, 0.3) is 0 Å². The van der Waals surface area contributed by atoms with Crippen LogP contribution in [0.1, 0.15) is 174 Å². The van der Waals surface area contributed by atoms with Crippen molar-refractivity contribution < 1.29 is 9.47 Å². The molecule has 0 amide bonds. The first kappa shape index (κ1) is 41.9. The van der Waals surface area contributed by atoms with Crippen molar-refractivity contribution in [2.75, 3.05) is 33.4 Å². The maximum absolute atomic E-state index is 6.38. The Morgan fingerprint density at radius 1 is 0.467 bits per heavy atom. The van der Waals surface area contributed by atoms with Crippen LogP contribution >= 0.6 is 0 Å². The molecule has 1 fully saturated rings. The summed E-state index contributed by atoms with van der Waals surface area (Å²) in [5, 5.41) is 0. The van der Waals surface area contributed by atoms with Gasteiger partial charge < -0.3 is 14.4 Å². The minimum atomic E-state index is 0.242. The van der Waals surface area contributed by atoms with Crippen molar-refractivity contribution in [3.8, 4) is 0 Å². The molecule has 45 heavy (non-hydrogen) atoms. The highest BCUT2D eigenvalue weighted by Crippen LogP contribution is 2.18. The summed E-state index contributed by atoms with van der Waals surface area (Å²) in [7, 11) is 2.22. The molecule has 1 heterocycles. The highest BCUT2D eigenvalue weighted by Gasteiger charge is 2.28. The Hall–Kier alpha value is -1.16. The lowest BCUT2D eigenvalue weighted by atomic mass is 10.0. The molecule has 1 aliphatic rings. The van der Waals surface area contributed by atoms with Gasteiger partial charge in [-0.05, 0) is 90.5 Å². The summed E-state index contributed by atoms with van der Waals surface area (Å²) >= 11 is 0. The van der Waals surface area contributed by atoms with Gasteiger partial charge in [0, 0.05) is 26.3 Å². The van der Waals surface area contributed by atoms with Crippen molar-refractivity contribution in [3.05, 3.63) is 48.6 Å². The topological polar surface area (TPSA) is 21.7 Å². The average molecular weight is 628 g/mol. The summed E-state index contributed by atoms with van der Waals surface area (Å²) in [5.41, 5.74) is 0. The highest BCUT2D eigenvalue weighted by molar-refractivity contribution is 4.93. The van der Waals surface area contributed by atoms with Gasteiger partial charge in [0.05, 0.1) is 12.2 Å². The molecule has 0 unspecified atom stereocenters. The molecule has 0 bridgehead atoms. The van der Waals surface area contributed by atoms with E-state index in [-0.39, 0.29) is 12.2 Å². The molecule has 1 rings (SSSR count). The summed E-state index contributed by atoms with van der Waals surface area (Å²) in [4.78, 5) is 2.41. The Labute approximate surface area is 282 Å². The van der Waals surface area contributed by atoms with Crippen molar-refractivity contribution in [2.24, 2.45) is 0 Å². The molecule has 0 aromatic rings. The number of hydrogen-bond acceptors (Lipinski definition) is 3. The lowest BCUT2D eigenvalue weighted by Crippen LogP contribution is -2.47. The van der Waals surface area contributed by atoms with Gasteiger partial charge in [0.15, 0.2) is 0 Å². The molecule has 1 saturated heterocycles. The third-order valence-corrected chi connectivity index (χ3v) is 9.06. The van der Waals surface area contributed by atoms with Crippen LogP contribution in [-0.2, 0) is 9.47 Å². The van der Waals surface area contributed by atoms with E-state index in [1.807, 2.05) is 0 Å². The lowest BCUT2D eigenvalue weighted by Gasteiger charge is -2.36. The normalized spacial score (nSPS) is 18.1. The molecule has 0 aromatic carbocycles. The number of piperidine rings is 1. The van der Waals surface area contributed by atoms with Gasteiger partial charge in [-0.1, -0.05) is 140 Å². The van der Waals surface area contributed by atoms with E-state index in [1.165, 1.54) is 141 Å². The first-order valence-corrected chi connectivity index (χ1v) is 19.8. The Bertz CT molecular complexity index is 711. The number of allylic oxidation sites excluding steroid dienone is 8. The highest BCUT2D eigenvalue weighted by atomic mass is 16.5. The van der Waals surface area contributed by atoms with Gasteiger partial charge in [0.2, 0.25) is 0 Å². The molecule has 0 aliphatic carbocycles. The largest absolute Gasteiger partial charge is 0.375 e.